The Morgan fingerprint density at radius 1 is 1.33 bits per heavy atom. The van der Waals surface area contributed by atoms with Crippen LogP contribution in [0, 0.1) is 0 Å². The predicted octanol–water partition coefficient (Wildman–Crippen LogP) is 1.69. The lowest BCUT2D eigenvalue weighted by Crippen LogP contribution is -2.17. The van der Waals surface area contributed by atoms with Crippen LogP contribution in [0.25, 0.3) is 0 Å². The van der Waals surface area contributed by atoms with Crippen LogP contribution < -0.4 is 0 Å². The number of carbonyl (C=O) groups is 1. The van der Waals surface area contributed by atoms with E-state index in [2.05, 4.69) is 4.74 Å². The van der Waals surface area contributed by atoms with Crippen LogP contribution in [0.2, 0.25) is 0 Å². The normalized spacial score (nSPS) is 20.3. The van der Waals surface area contributed by atoms with Gasteiger partial charge in [-0.1, -0.05) is 19.3 Å². The van der Waals surface area contributed by atoms with E-state index in [4.69, 9.17) is 4.18 Å². The summed E-state index contributed by atoms with van der Waals surface area (Å²) in [7, 11) is 1.28. The van der Waals surface area contributed by atoms with E-state index < -0.39 is 17.0 Å². The molecule has 5 heteroatoms. The van der Waals surface area contributed by atoms with E-state index in [0.29, 0.717) is 0 Å². The third-order valence-corrected chi connectivity index (χ3v) is 3.12. The van der Waals surface area contributed by atoms with Gasteiger partial charge in [-0.15, -0.1) is 0 Å². The zero-order chi connectivity index (χ0) is 11.1. The molecule has 0 radical (unpaired) electrons. The summed E-state index contributed by atoms with van der Waals surface area (Å²) in [5.74, 6) is -0.518. The van der Waals surface area contributed by atoms with Crippen molar-refractivity contribution < 1.29 is 17.9 Å². The SMILES string of the molecule is COC(=O)/C=C\S(=O)OC1CCCCC1. The molecule has 0 aromatic carbocycles. The summed E-state index contributed by atoms with van der Waals surface area (Å²) in [6.07, 6.45) is 6.59. The first kappa shape index (κ1) is 12.4. The third-order valence-electron chi connectivity index (χ3n) is 2.30. The van der Waals surface area contributed by atoms with E-state index in [1.54, 1.807) is 0 Å². The topological polar surface area (TPSA) is 52.6 Å². The Bertz CT molecular complexity index is 256. The van der Waals surface area contributed by atoms with Gasteiger partial charge in [0.25, 0.3) is 0 Å². The Hall–Kier alpha value is -0.680. The van der Waals surface area contributed by atoms with Crippen molar-refractivity contribution in [2.24, 2.45) is 0 Å². The molecule has 1 atom stereocenters. The molecule has 0 spiro atoms. The van der Waals surface area contributed by atoms with Crippen molar-refractivity contribution >= 4 is 17.0 Å². The second kappa shape index (κ2) is 6.74. The van der Waals surface area contributed by atoms with Gasteiger partial charge in [0.2, 0.25) is 0 Å². The van der Waals surface area contributed by atoms with Crippen LogP contribution in [0.1, 0.15) is 32.1 Å². The van der Waals surface area contributed by atoms with E-state index in [-0.39, 0.29) is 6.10 Å². The Balaban J connectivity index is 2.28. The van der Waals surface area contributed by atoms with Gasteiger partial charge in [0.15, 0.2) is 11.1 Å². The van der Waals surface area contributed by atoms with Gasteiger partial charge in [0.05, 0.1) is 13.2 Å². The van der Waals surface area contributed by atoms with Crippen LogP contribution in [-0.2, 0) is 24.8 Å². The summed E-state index contributed by atoms with van der Waals surface area (Å²) in [5.41, 5.74) is 0. The first-order valence-electron chi connectivity index (χ1n) is 5.06. The molecule has 0 aliphatic heterocycles. The van der Waals surface area contributed by atoms with Gasteiger partial charge in [-0.2, -0.15) is 0 Å². The molecule has 0 saturated heterocycles. The van der Waals surface area contributed by atoms with Gasteiger partial charge in [-0.05, 0) is 12.8 Å². The van der Waals surface area contributed by atoms with Crippen LogP contribution in [0.3, 0.4) is 0 Å². The number of carbonyl (C=O) groups excluding carboxylic acids is 1. The van der Waals surface area contributed by atoms with Gasteiger partial charge in [-0.25, -0.2) is 9.00 Å². The summed E-state index contributed by atoms with van der Waals surface area (Å²) in [4.78, 5) is 10.7. The second-order valence-electron chi connectivity index (χ2n) is 3.44. The number of hydrogen-bond donors (Lipinski definition) is 0. The van der Waals surface area contributed by atoms with Gasteiger partial charge in [-0.3, -0.25) is 4.18 Å². The fourth-order valence-electron chi connectivity index (χ4n) is 1.51. The van der Waals surface area contributed by atoms with E-state index >= 15 is 0 Å². The van der Waals surface area contributed by atoms with Crippen LogP contribution in [0.15, 0.2) is 11.5 Å². The minimum atomic E-state index is -1.52. The summed E-state index contributed by atoms with van der Waals surface area (Å²) in [6.45, 7) is 0. The van der Waals surface area contributed by atoms with E-state index in [9.17, 15) is 9.00 Å². The Labute approximate surface area is 92.3 Å². The van der Waals surface area contributed by atoms with Gasteiger partial charge in [0, 0.05) is 11.5 Å². The minimum Gasteiger partial charge on any atom is -0.466 e. The molecule has 1 aliphatic rings. The highest BCUT2D eigenvalue weighted by atomic mass is 32.2. The first-order valence-corrected chi connectivity index (χ1v) is 6.20. The number of esters is 1. The standard InChI is InChI=1S/C10H16O4S/c1-13-10(11)7-8-15(12)14-9-5-3-2-4-6-9/h7-9H,2-6H2,1H3/b8-7-. The fourth-order valence-corrected chi connectivity index (χ4v) is 2.25. The Morgan fingerprint density at radius 3 is 2.60 bits per heavy atom. The lowest BCUT2D eigenvalue weighted by molar-refractivity contribution is -0.134. The largest absolute Gasteiger partial charge is 0.466 e. The lowest BCUT2D eigenvalue weighted by atomic mass is 9.98. The summed E-state index contributed by atoms with van der Waals surface area (Å²) in [5, 5.41) is 1.22. The van der Waals surface area contributed by atoms with Crippen molar-refractivity contribution in [3.8, 4) is 0 Å². The average Bonchev–Trinajstić information content (AvgIpc) is 2.27. The molecule has 15 heavy (non-hydrogen) atoms. The quantitative estimate of drug-likeness (QED) is 0.546. The van der Waals surface area contributed by atoms with E-state index in [0.717, 1.165) is 31.8 Å². The average molecular weight is 232 g/mol. The Morgan fingerprint density at radius 2 is 2.00 bits per heavy atom. The van der Waals surface area contributed by atoms with Crippen LogP contribution >= 0.6 is 0 Å². The number of methoxy groups -OCH3 is 1. The van der Waals surface area contributed by atoms with Crippen LogP contribution in [0.5, 0.6) is 0 Å². The van der Waals surface area contributed by atoms with Crippen molar-refractivity contribution in [2.45, 2.75) is 38.2 Å². The van der Waals surface area contributed by atoms with Crippen LogP contribution in [-0.4, -0.2) is 23.4 Å². The Kier molecular flexibility index (Phi) is 5.57. The minimum absolute atomic E-state index is 0.0712. The molecule has 0 amide bonds. The molecular formula is C10H16O4S. The zero-order valence-electron chi connectivity index (χ0n) is 8.81. The van der Waals surface area contributed by atoms with Crippen molar-refractivity contribution in [1.82, 2.24) is 0 Å². The highest BCUT2D eigenvalue weighted by molar-refractivity contribution is 7.83. The summed E-state index contributed by atoms with van der Waals surface area (Å²) >= 11 is -1.52. The first-order chi connectivity index (χ1) is 7.22. The molecule has 0 N–H and O–H groups in total. The molecule has 1 saturated carbocycles. The number of hydrogen-bond acceptors (Lipinski definition) is 4. The van der Waals surface area contributed by atoms with Gasteiger partial charge in [0.1, 0.15) is 0 Å². The summed E-state index contributed by atoms with van der Waals surface area (Å²) < 4.78 is 21.0. The monoisotopic (exact) mass is 232 g/mol. The number of ether oxygens (including phenoxy) is 1. The molecule has 1 aliphatic carbocycles. The second-order valence-corrected chi connectivity index (χ2v) is 4.43. The maximum atomic E-state index is 11.3. The van der Waals surface area contributed by atoms with Crippen molar-refractivity contribution in [3.63, 3.8) is 0 Å². The highest BCUT2D eigenvalue weighted by Gasteiger charge is 2.15. The maximum absolute atomic E-state index is 11.3. The molecule has 4 nitrogen and oxygen atoms in total. The number of rotatable bonds is 4. The molecule has 0 aromatic rings. The zero-order valence-corrected chi connectivity index (χ0v) is 9.63. The van der Waals surface area contributed by atoms with Crippen molar-refractivity contribution in [3.05, 3.63) is 11.5 Å². The smallest absolute Gasteiger partial charge is 0.331 e. The highest BCUT2D eigenvalue weighted by Crippen LogP contribution is 2.21. The fraction of sp³-hybridized carbons (Fsp3) is 0.700. The molecule has 0 heterocycles. The molecule has 1 unspecified atom stereocenters. The van der Waals surface area contributed by atoms with E-state index in [1.165, 1.54) is 18.9 Å². The van der Waals surface area contributed by atoms with Crippen molar-refractivity contribution in [2.75, 3.05) is 7.11 Å². The van der Waals surface area contributed by atoms with Gasteiger partial charge < -0.3 is 4.74 Å². The predicted molar refractivity (Wildman–Crippen MR) is 57.3 cm³/mol. The van der Waals surface area contributed by atoms with Crippen molar-refractivity contribution in [1.29, 1.82) is 0 Å². The van der Waals surface area contributed by atoms with E-state index in [1.807, 2.05) is 0 Å². The molecule has 0 aromatic heterocycles. The third kappa shape index (κ3) is 5.09. The maximum Gasteiger partial charge on any atom is 0.331 e. The van der Waals surface area contributed by atoms with Gasteiger partial charge >= 0.3 is 5.97 Å². The lowest BCUT2D eigenvalue weighted by Gasteiger charge is -2.19. The summed E-state index contributed by atoms with van der Waals surface area (Å²) in [6, 6.07) is 0. The van der Waals surface area contributed by atoms with Crippen LogP contribution in [0.4, 0.5) is 0 Å². The molecule has 0 bridgehead atoms. The molecular weight excluding hydrogens is 216 g/mol. The molecule has 1 rings (SSSR count). The molecule has 1 fully saturated rings. The molecule has 86 valence electrons.